The summed E-state index contributed by atoms with van der Waals surface area (Å²) in [6.07, 6.45) is 0. The molecule has 1 aromatic rings. The third-order valence-electron chi connectivity index (χ3n) is 2.16. The van der Waals surface area contributed by atoms with Crippen molar-refractivity contribution < 1.29 is 29.3 Å². The maximum atomic E-state index is 10.4. The van der Waals surface area contributed by atoms with Gasteiger partial charge in [-0.15, -0.1) is 0 Å². The molecule has 0 unspecified atom stereocenters. The molecule has 0 bridgehead atoms. The summed E-state index contributed by atoms with van der Waals surface area (Å²) in [5.41, 5.74) is 1.37. The summed E-state index contributed by atoms with van der Waals surface area (Å²) in [4.78, 5) is 20.9. The van der Waals surface area contributed by atoms with Gasteiger partial charge in [0, 0.05) is 5.56 Å². The number of carbonyl (C=O) groups is 2. The van der Waals surface area contributed by atoms with Crippen LogP contribution in [0, 0.1) is 13.8 Å². The summed E-state index contributed by atoms with van der Waals surface area (Å²) in [5.74, 6) is -1.41. The van der Waals surface area contributed by atoms with E-state index in [1.54, 1.807) is 26.0 Å². The Kier molecular flexibility index (Phi) is 4.53. The lowest BCUT2D eigenvalue weighted by Gasteiger charge is -2.13. The van der Waals surface area contributed by atoms with Crippen LogP contribution in [0.25, 0.3) is 0 Å². The molecule has 0 aliphatic rings. The van der Waals surface area contributed by atoms with Gasteiger partial charge in [-0.25, -0.2) is 9.59 Å². The average molecular weight is 254 g/mol. The molecular formula is C12H14O6. The third-order valence-corrected chi connectivity index (χ3v) is 2.16. The lowest BCUT2D eigenvalue weighted by atomic mass is 10.1. The molecule has 0 heterocycles. The van der Waals surface area contributed by atoms with Crippen LogP contribution in [0.3, 0.4) is 0 Å². The molecule has 0 spiro atoms. The molecule has 0 aliphatic carbocycles. The fourth-order valence-corrected chi connectivity index (χ4v) is 1.37. The second-order valence-electron chi connectivity index (χ2n) is 3.75. The van der Waals surface area contributed by atoms with E-state index in [-0.39, 0.29) is 0 Å². The van der Waals surface area contributed by atoms with Crippen LogP contribution in [0.15, 0.2) is 12.1 Å². The smallest absolute Gasteiger partial charge is 0.341 e. The van der Waals surface area contributed by atoms with Gasteiger partial charge in [0.2, 0.25) is 0 Å². The van der Waals surface area contributed by atoms with Gasteiger partial charge < -0.3 is 19.7 Å². The van der Waals surface area contributed by atoms with E-state index in [0.29, 0.717) is 17.1 Å². The van der Waals surface area contributed by atoms with Gasteiger partial charge in [0.15, 0.2) is 13.2 Å². The van der Waals surface area contributed by atoms with Crippen LogP contribution < -0.4 is 9.47 Å². The largest absolute Gasteiger partial charge is 0.481 e. The molecule has 0 amide bonds. The van der Waals surface area contributed by atoms with E-state index in [2.05, 4.69) is 0 Å². The highest BCUT2D eigenvalue weighted by atomic mass is 16.5. The molecule has 0 saturated heterocycles. The van der Waals surface area contributed by atoms with Gasteiger partial charge in [-0.05, 0) is 31.5 Å². The van der Waals surface area contributed by atoms with Crippen molar-refractivity contribution in [3.63, 3.8) is 0 Å². The summed E-state index contributed by atoms with van der Waals surface area (Å²) < 4.78 is 10.2. The number of hydrogen-bond donors (Lipinski definition) is 2. The highest BCUT2D eigenvalue weighted by Crippen LogP contribution is 2.29. The molecule has 0 atom stereocenters. The van der Waals surface area contributed by atoms with Crippen LogP contribution in [-0.4, -0.2) is 35.4 Å². The number of benzene rings is 1. The highest BCUT2D eigenvalue weighted by Gasteiger charge is 2.10. The number of aryl methyl sites for hydroxylation is 1. The van der Waals surface area contributed by atoms with Crippen LogP contribution in [0.5, 0.6) is 11.5 Å². The van der Waals surface area contributed by atoms with E-state index in [1.807, 2.05) is 0 Å². The topological polar surface area (TPSA) is 93.1 Å². The Morgan fingerprint density at radius 2 is 1.39 bits per heavy atom. The molecule has 1 aromatic carbocycles. The number of aliphatic carboxylic acids is 2. The predicted octanol–water partition coefficient (Wildman–Crippen LogP) is 1.23. The molecule has 18 heavy (non-hydrogen) atoms. The zero-order valence-corrected chi connectivity index (χ0v) is 10.1. The summed E-state index contributed by atoms with van der Waals surface area (Å²) in [6, 6.07) is 3.35. The Morgan fingerprint density at radius 3 is 1.72 bits per heavy atom. The molecule has 0 aromatic heterocycles. The molecule has 2 N–H and O–H groups in total. The highest BCUT2D eigenvalue weighted by molar-refractivity contribution is 5.69. The molecule has 0 aliphatic heterocycles. The first-order valence-corrected chi connectivity index (χ1v) is 5.20. The molecule has 98 valence electrons. The van der Waals surface area contributed by atoms with Crippen molar-refractivity contribution in [1.82, 2.24) is 0 Å². The zero-order valence-electron chi connectivity index (χ0n) is 10.1. The van der Waals surface area contributed by atoms with Crippen LogP contribution in [-0.2, 0) is 9.59 Å². The molecule has 6 heteroatoms. The van der Waals surface area contributed by atoms with Crippen molar-refractivity contribution in [2.45, 2.75) is 13.8 Å². The van der Waals surface area contributed by atoms with E-state index in [9.17, 15) is 9.59 Å². The maximum Gasteiger partial charge on any atom is 0.341 e. The summed E-state index contributed by atoms with van der Waals surface area (Å²) >= 11 is 0. The fourth-order valence-electron chi connectivity index (χ4n) is 1.37. The molecule has 0 fully saturated rings. The minimum absolute atomic E-state index is 0.373. The minimum atomic E-state index is -1.08. The Bertz CT molecular complexity index is 427. The second-order valence-corrected chi connectivity index (χ2v) is 3.75. The standard InChI is InChI=1S/C12H14O6/c1-7-3-9(17-5-11(13)14)8(2)10(4-7)18-6-12(15)16/h3-4H,5-6H2,1-2H3,(H,13,14)(H,15,16). The lowest BCUT2D eigenvalue weighted by molar-refractivity contribution is -0.140. The normalized spacial score (nSPS) is 9.89. The molecule has 0 saturated carbocycles. The minimum Gasteiger partial charge on any atom is -0.481 e. The number of carboxylic acid groups (broad SMARTS) is 2. The molecule has 6 nitrogen and oxygen atoms in total. The lowest BCUT2D eigenvalue weighted by Crippen LogP contribution is -2.12. The van der Waals surface area contributed by atoms with Crippen LogP contribution >= 0.6 is 0 Å². The van der Waals surface area contributed by atoms with E-state index in [4.69, 9.17) is 19.7 Å². The first kappa shape index (κ1) is 13.8. The van der Waals surface area contributed by atoms with Gasteiger partial charge in [-0.3, -0.25) is 0 Å². The Labute approximate surface area is 104 Å². The number of ether oxygens (including phenoxy) is 2. The fraction of sp³-hybridized carbons (Fsp3) is 0.333. The van der Waals surface area contributed by atoms with Gasteiger partial charge in [0.25, 0.3) is 0 Å². The van der Waals surface area contributed by atoms with Crippen LogP contribution in [0.1, 0.15) is 11.1 Å². The maximum absolute atomic E-state index is 10.4. The first-order chi connectivity index (χ1) is 8.40. The predicted molar refractivity (Wildman–Crippen MR) is 62.2 cm³/mol. The van der Waals surface area contributed by atoms with Gasteiger partial charge >= 0.3 is 11.9 Å². The quantitative estimate of drug-likeness (QED) is 0.793. The van der Waals surface area contributed by atoms with Gasteiger partial charge in [-0.1, -0.05) is 0 Å². The first-order valence-electron chi connectivity index (χ1n) is 5.20. The molecular weight excluding hydrogens is 240 g/mol. The van der Waals surface area contributed by atoms with E-state index in [1.165, 1.54) is 0 Å². The van der Waals surface area contributed by atoms with Gasteiger partial charge in [0.1, 0.15) is 11.5 Å². The van der Waals surface area contributed by atoms with Gasteiger partial charge in [0.05, 0.1) is 0 Å². The second kappa shape index (κ2) is 5.90. The van der Waals surface area contributed by atoms with Crippen molar-refractivity contribution in [3.05, 3.63) is 23.3 Å². The zero-order chi connectivity index (χ0) is 13.7. The van der Waals surface area contributed by atoms with Crippen molar-refractivity contribution in [3.8, 4) is 11.5 Å². The third kappa shape index (κ3) is 3.97. The van der Waals surface area contributed by atoms with E-state index < -0.39 is 25.2 Å². The number of hydrogen-bond acceptors (Lipinski definition) is 4. The van der Waals surface area contributed by atoms with Crippen molar-refractivity contribution in [2.75, 3.05) is 13.2 Å². The van der Waals surface area contributed by atoms with Crippen molar-refractivity contribution in [2.24, 2.45) is 0 Å². The Morgan fingerprint density at radius 1 is 1.00 bits per heavy atom. The van der Waals surface area contributed by atoms with Crippen molar-refractivity contribution >= 4 is 11.9 Å². The van der Waals surface area contributed by atoms with Crippen molar-refractivity contribution in [1.29, 1.82) is 0 Å². The van der Waals surface area contributed by atoms with E-state index >= 15 is 0 Å². The molecule has 1 rings (SSSR count). The Hall–Kier alpha value is -2.24. The SMILES string of the molecule is Cc1cc(OCC(=O)O)c(C)c(OCC(=O)O)c1. The summed E-state index contributed by atoms with van der Waals surface area (Å²) in [6.45, 7) is 2.54. The summed E-state index contributed by atoms with van der Waals surface area (Å²) in [5, 5.41) is 17.1. The average Bonchev–Trinajstić information content (AvgIpc) is 2.27. The Balaban J connectivity index is 2.90. The summed E-state index contributed by atoms with van der Waals surface area (Å²) in [7, 11) is 0. The number of carboxylic acids is 2. The van der Waals surface area contributed by atoms with Crippen LogP contribution in [0.2, 0.25) is 0 Å². The molecule has 0 radical (unpaired) electrons. The monoisotopic (exact) mass is 254 g/mol. The van der Waals surface area contributed by atoms with Gasteiger partial charge in [-0.2, -0.15) is 0 Å². The van der Waals surface area contributed by atoms with Crippen LogP contribution in [0.4, 0.5) is 0 Å². The van der Waals surface area contributed by atoms with E-state index in [0.717, 1.165) is 5.56 Å². The number of rotatable bonds is 6.